The molecule has 2 aromatic carbocycles. The highest BCUT2D eigenvalue weighted by molar-refractivity contribution is 8.18. The molecule has 0 radical (unpaired) electrons. The number of nitrogens with zero attached hydrogens (tertiary/aromatic N) is 2. The third-order valence-corrected chi connectivity index (χ3v) is 7.90. The van der Waals surface area contributed by atoms with E-state index in [-0.39, 0.29) is 27.8 Å². The molecule has 2 aliphatic heterocycles. The van der Waals surface area contributed by atoms with Crippen molar-refractivity contribution in [3.63, 3.8) is 0 Å². The van der Waals surface area contributed by atoms with E-state index in [4.69, 9.17) is 21.1 Å². The summed E-state index contributed by atoms with van der Waals surface area (Å²) in [6.45, 7) is 0.879. The molecule has 2 saturated heterocycles. The van der Waals surface area contributed by atoms with Crippen molar-refractivity contribution in [3.05, 3.63) is 62.5 Å². The van der Waals surface area contributed by atoms with Crippen molar-refractivity contribution in [2.45, 2.75) is 44.3 Å². The number of hydrogen-bond donors (Lipinski definition) is 1. The number of rotatable bonds is 8. The number of methoxy groups -OCH3 is 1. The largest absolute Gasteiger partial charge is 0.493 e. The molecule has 1 atom stereocenters. The zero-order valence-corrected chi connectivity index (χ0v) is 23.5. The number of carbonyl (C=O) groups is 1. The van der Waals surface area contributed by atoms with E-state index in [9.17, 15) is 31.1 Å². The van der Waals surface area contributed by atoms with Crippen LogP contribution in [0.2, 0.25) is 5.02 Å². The summed E-state index contributed by atoms with van der Waals surface area (Å²) in [5.74, 6) is 0.514. The first kappa shape index (κ1) is 31.0. The van der Waals surface area contributed by atoms with Crippen LogP contribution in [0.25, 0.3) is 6.08 Å². The Morgan fingerprint density at radius 3 is 2.54 bits per heavy atom. The van der Waals surface area contributed by atoms with E-state index in [1.165, 1.54) is 19.2 Å². The summed E-state index contributed by atoms with van der Waals surface area (Å²) >= 11 is 7.38. The smallest absolute Gasteiger partial charge is 0.416 e. The van der Waals surface area contributed by atoms with Gasteiger partial charge in [0.15, 0.2) is 11.5 Å². The van der Waals surface area contributed by atoms with Gasteiger partial charge in [0.1, 0.15) is 12.4 Å². The predicted molar refractivity (Wildman–Crippen MR) is 145 cm³/mol. The number of amidine groups is 1. The molecule has 0 aliphatic carbocycles. The van der Waals surface area contributed by atoms with Crippen LogP contribution in [0, 0.1) is 0 Å². The molecule has 1 unspecified atom stereocenters. The number of likely N-dealkylation sites (tertiary alicyclic amines) is 1. The van der Waals surface area contributed by atoms with Gasteiger partial charge in [-0.2, -0.15) is 26.3 Å². The van der Waals surface area contributed by atoms with Crippen LogP contribution in [0.5, 0.6) is 11.5 Å². The van der Waals surface area contributed by atoms with Gasteiger partial charge in [-0.1, -0.05) is 17.7 Å². The molecule has 14 heteroatoms. The Hall–Kier alpha value is -2.90. The first-order valence-electron chi connectivity index (χ1n) is 12.5. The van der Waals surface area contributed by atoms with E-state index >= 15 is 0 Å². The number of carbonyl (C=O) groups excluding carboxylic acids is 1. The lowest BCUT2D eigenvalue weighted by Gasteiger charge is -2.18. The minimum atomic E-state index is -5.03. The molecular weight excluding hydrogens is 596 g/mol. The van der Waals surface area contributed by atoms with Crippen molar-refractivity contribution in [2.24, 2.45) is 4.99 Å². The van der Waals surface area contributed by atoms with Crippen molar-refractivity contribution in [2.75, 3.05) is 27.2 Å². The van der Waals surface area contributed by atoms with Gasteiger partial charge in [0, 0.05) is 24.2 Å². The predicted octanol–water partition coefficient (Wildman–Crippen LogP) is 7.65. The van der Waals surface area contributed by atoms with Crippen molar-refractivity contribution in [1.29, 1.82) is 0 Å². The van der Waals surface area contributed by atoms with Crippen LogP contribution >= 0.6 is 23.4 Å². The van der Waals surface area contributed by atoms with Crippen molar-refractivity contribution >= 4 is 40.5 Å². The van der Waals surface area contributed by atoms with Gasteiger partial charge in [-0.3, -0.25) is 9.79 Å². The maximum absolute atomic E-state index is 13.5. The zero-order chi connectivity index (χ0) is 29.9. The Kier molecular flexibility index (Phi) is 9.49. The molecule has 0 saturated carbocycles. The highest BCUT2D eigenvalue weighted by atomic mass is 35.5. The average molecular weight is 622 g/mol. The van der Waals surface area contributed by atoms with E-state index in [1.54, 1.807) is 6.08 Å². The van der Waals surface area contributed by atoms with Gasteiger partial charge in [0.25, 0.3) is 5.24 Å². The van der Waals surface area contributed by atoms with E-state index in [0.29, 0.717) is 35.0 Å². The fourth-order valence-corrected chi connectivity index (χ4v) is 5.54. The van der Waals surface area contributed by atoms with Gasteiger partial charge in [0.2, 0.25) is 0 Å². The maximum Gasteiger partial charge on any atom is 0.416 e. The molecule has 0 bridgehead atoms. The number of thioether (sulfide) groups is 1. The fraction of sp³-hybridized carbons (Fsp3) is 0.407. The second-order valence-electron chi connectivity index (χ2n) is 9.50. The summed E-state index contributed by atoms with van der Waals surface area (Å²) in [6, 6.07) is 4.59. The lowest BCUT2D eigenvalue weighted by Crippen LogP contribution is -2.26. The lowest BCUT2D eigenvalue weighted by molar-refractivity contribution is -0.143. The molecule has 1 N–H and O–H groups in total. The van der Waals surface area contributed by atoms with Gasteiger partial charge >= 0.3 is 12.4 Å². The highest BCUT2D eigenvalue weighted by Crippen LogP contribution is 2.40. The molecule has 0 aromatic heterocycles. The lowest BCUT2D eigenvalue weighted by atomic mass is 10.0. The van der Waals surface area contributed by atoms with Crippen molar-refractivity contribution in [3.8, 4) is 11.5 Å². The van der Waals surface area contributed by atoms with Crippen LogP contribution in [0.3, 0.4) is 0 Å². The van der Waals surface area contributed by atoms with E-state index < -0.39 is 35.6 Å². The van der Waals surface area contributed by atoms with Gasteiger partial charge in [-0.15, -0.1) is 0 Å². The van der Waals surface area contributed by atoms with E-state index in [1.807, 2.05) is 0 Å². The Balaban J connectivity index is 1.54. The second kappa shape index (κ2) is 12.5. The minimum Gasteiger partial charge on any atom is -0.493 e. The summed E-state index contributed by atoms with van der Waals surface area (Å²) in [7, 11) is 3.39. The average Bonchev–Trinajstić information content (AvgIpc) is 3.46. The normalized spacial score (nSPS) is 20.2. The zero-order valence-electron chi connectivity index (χ0n) is 22.0. The topological polar surface area (TPSA) is 63.2 Å². The molecule has 222 valence electrons. The minimum absolute atomic E-state index is 0.0180. The van der Waals surface area contributed by atoms with E-state index in [2.05, 4.69) is 22.3 Å². The summed E-state index contributed by atoms with van der Waals surface area (Å²) in [5.41, 5.74) is -2.94. The third kappa shape index (κ3) is 7.69. The number of amides is 1. The third-order valence-electron chi connectivity index (χ3n) is 6.76. The molecule has 41 heavy (non-hydrogen) atoms. The summed E-state index contributed by atoms with van der Waals surface area (Å²) in [4.78, 5) is 19.5. The molecule has 2 aliphatic rings. The van der Waals surface area contributed by atoms with Crippen molar-refractivity contribution in [1.82, 2.24) is 10.2 Å². The molecule has 4 rings (SSSR count). The Morgan fingerprint density at radius 2 is 1.90 bits per heavy atom. The van der Waals surface area contributed by atoms with Gasteiger partial charge in [-0.25, -0.2) is 0 Å². The van der Waals surface area contributed by atoms with Gasteiger partial charge in [0.05, 0.1) is 28.2 Å². The van der Waals surface area contributed by atoms with Crippen LogP contribution in [0.1, 0.15) is 41.5 Å². The standard InChI is InChI=1S/C27H26ClF6N3O3S/c1-37-9-3-4-18(37)7-8-35-24-23(41-25(38)36-24)11-16-10-21(39-2)22(13-20(16)28)40-14-15-5-6-17(26(29,30)31)12-19(15)27(32,33)34/h5-6,10-13,18H,3-4,7-9,14H2,1-2H3,(H,35,36,38). The Labute approximate surface area is 241 Å². The summed E-state index contributed by atoms with van der Waals surface area (Å²) in [6.07, 6.45) is -5.24. The maximum atomic E-state index is 13.5. The number of ether oxygens (including phenoxy) is 2. The number of aliphatic imine (C=N–C) groups is 1. The Morgan fingerprint density at radius 1 is 1.15 bits per heavy atom. The van der Waals surface area contributed by atoms with Crippen LogP contribution < -0.4 is 14.8 Å². The molecule has 2 aromatic rings. The van der Waals surface area contributed by atoms with Crippen molar-refractivity contribution < 1.29 is 40.6 Å². The monoisotopic (exact) mass is 621 g/mol. The fourth-order valence-electron chi connectivity index (χ4n) is 4.59. The first-order valence-corrected chi connectivity index (χ1v) is 13.7. The molecule has 2 fully saturated rings. The number of hydrogen-bond acceptors (Lipinski definition) is 6. The molecule has 1 amide bonds. The van der Waals surface area contributed by atoms with Crippen LogP contribution in [-0.2, 0) is 19.0 Å². The molecular formula is C27H26ClF6N3O3S. The second-order valence-corrected chi connectivity index (χ2v) is 10.9. The summed E-state index contributed by atoms with van der Waals surface area (Å²) < 4.78 is 90.3. The highest BCUT2D eigenvalue weighted by Gasteiger charge is 2.38. The van der Waals surface area contributed by atoms with Crippen LogP contribution in [0.15, 0.2) is 40.2 Å². The first-order chi connectivity index (χ1) is 19.3. The number of benzene rings is 2. The summed E-state index contributed by atoms with van der Waals surface area (Å²) in [5, 5.41) is 2.56. The number of alkyl halides is 6. The van der Waals surface area contributed by atoms with Crippen LogP contribution in [0.4, 0.5) is 31.1 Å². The van der Waals surface area contributed by atoms with E-state index in [0.717, 1.165) is 43.6 Å². The SMILES string of the molecule is COc1cc(C=C2SC(=O)NC2=NCCC2CCCN2C)c(Cl)cc1OCc1ccc(C(F)(F)F)cc1C(F)(F)F. The van der Waals surface area contributed by atoms with Crippen LogP contribution in [-0.4, -0.2) is 49.3 Å². The number of halogens is 7. The van der Waals surface area contributed by atoms with Gasteiger partial charge < -0.3 is 19.7 Å². The molecule has 2 heterocycles. The number of nitrogens with one attached hydrogen (secondary N) is 1. The quantitative estimate of drug-likeness (QED) is 0.307. The Bertz CT molecular complexity index is 1360. The molecule has 0 spiro atoms. The molecule has 6 nitrogen and oxygen atoms in total. The van der Waals surface area contributed by atoms with Gasteiger partial charge in [-0.05, 0) is 74.5 Å².